The number of hydrogen-bond donors (Lipinski definition) is 2. The number of carboxylic acid groups (broad SMARTS) is 1. The number of nitrogens with zero attached hydrogens (tertiary/aromatic N) is 1. The average molecular weight is 300 g/mol. The Morgan fingerprint density at radius 2 is 1.95 bits per heavy atom. The Balaban J connectivity index is 2.88. The Morgan fingerprint density at radius 3 is 2.45 bits per heavy atom. The molecule has 112 valence electrons. The van der Waals surface area contributed by atoms with Gasteiger partial charge in [0.2, 0.25) is 0 Å². The Morgan fingerprint density at radius 1 is 1.35 bits per heavy atom. The quantitative estimate of drug-likeness (QED) is 0.759. The van der Waals surface area contributed by atoms with Crippen molar-refractivity contribution in [3.63, 3.8) is 0 Å². The van der Waals surface area contributed by atoms with Gasteiger partial charge >= 0.3 is 5.97 Å². The molecule has 1 aromatic carbocycles. The van der Waals surface area contributed by atoms with Crippen LogP contribution in [-0.4, -0.2) is 37.4 Å². The van der Waals surface area contributed by atoms with Gasteiger partial charge in [0.25, 0.3) is 10.2 Å². The van der Waals surface area contributed by atoms with Crippen LogP contribution in [0.2, 0.25) is 0 Å². The summed E-state index contributed by atoms with van der Waals surface area (Å²) in [5.74, 6) is -1.23. The topological polar surface area (TPSA) is 86.7 Å². The first-order valence-electron chi connectivity index (χ1n) is 6.40. The fourth-order valence-corrected chi connectivity index (χ4v) is 2.73. The van der Waals surface area contributed by atoms with Crippen LogP contribution in [0.1, 0.15) is 31.4 Å². The maximum Gasteiger partial charge on any atom is 0.326 e. The molecule has 0 saturated carbocycles. The van der Waals surface area contributed by atoms with Crippen molar-refractivity contribution < 1.29 is 18.3 Å². The highest BCUT2D eigenvalue weighted by atomic mass is 32.2. The summed E-state index contributed by atoms with van der Waals surface area (Å²) in [5.41, 5.74) is 0.396. The third-order valence-corrected chi connectivity index (χ3v) is 4.42. The van der Waals surface area contributed by atoms with Crippen molar-refractivity contribution in [1.82, 2.24) is 9.03 Å². The molecule has 2 N–H and O–H groups in total. The lowest BCUT2D eigenvalue weighted by Gasteiger charge is -2.21. The second-order valence-corrected chi connectivity index (χ2v) is 6.29. The van der Waals surface area contributed by atoms with Gasteiger partial charge < -0.3 is 5.11 Å². The minimum Gasteiger partial charge on any atom is -0.480 e. The second-order valence-electron chi connectivity index (χ2n) is 4.48. The number of unbranched alkanes of at least 4 members (excludes halogenated alkanes) is 1. The van der Waals surface area contributed by atoms with Gasteiger partial charge in [-0.1, -0.05) is 43.7 Å². The first kappa shape index (κ1) is 16.6. The molecule has 1 rings (SSSR count). The third-order valence-electron chi connectivity index (χ3n) is 2.88. The second kappa shape index (κ2) is 7.37. The van der Waals surface area contributed by atoms with Crippen molar-refractivity contribution in [2.75, 3.05) is 13.6 Å². The summed E-state index contributed by atoms with van der Waals surface area (Å²) < 4.78 is 27.5. The minimum atomic E-state index is -3.82. The van der Waals surface area contributed by atoms with E-state index in [4.69, 9.17) is 0 Å². The fourth-order valence-electron chi connectivity index (χ4n) is 1.65. The van der Waals surface area contributed by atoms with Gasteiger partial charge in [-0.25, -0.2) is 0 Å². The van der Waals surface area contributed by atoms with Gasteiger partial charge in [-0.15, -0.1) is 0 Å². The summed E-state index contributed by atoms with van der Waals surface area (Å²) in [4.78, 5) is 11.3. The molecule has 0 aromatic heterocycles. The highest BCUT2D eigenvalue weighted by Crippen LogP contribution is 2.15. The van der Waals surface area contributed by atoms with Crippen LogP contribution in [0.5, 0.6) is 0 Å². The van der Waals surface area contributed by atoms with Gasteiger partial charge in [0.05, 0.1) is 0 Å². The predicted octanol–water partition coefficient (Wildman–Crippen LogP) is 1.38. The van der Waals surface area contributed by atoms with Crippen molar-refractivity contribution in [1.29, 1.82) is 0 Å². The van der Waals surface area contributed by atoms with Gasteiger partial charge in [-0.05, 0) is 12.0 Å². The van der Waals surface area contributed by atoms with Gasteiger partial charge in [-0.3, -0.25) is 4.79 Å². The molecule has 0 aliphatic carbocycles. The summed E-state index contributed by atoms with van der Waals surface area (Å²) >= 11 is 0. The molecule has 0 amide bonds. The number of rotatable bonds is 8. The van der Waals surface area contributed by atoms with E-state index in [2.05, 4.69) is 4.72 Å². The van der Waals surface area contributed by atoms with Crippen molar-refractivity contribution in [2.24, 2.45) is 0 Å². The Kier molecular flexibility index (Phi) is 6.12. The molecule has 0 bridgehead atoms. The SMILES string of the molecule is CCCCN(C)S(=O)(=O)NC(C(=O)O)c1ccccc1. The lowest BCUT2D eigenvalue weighted by Crippen LogP contribution is -2.42. The molecule has 0 aliphatic heterocycles. The first-order chi connectivity index (χ1) is 9.38. The maximum absolute atomic E-state index is 12.1. The van der Waals surface area contributed by atoms with E-state index in [9.17, 15) is 18.3 Å². The molecule has 0 radical (unpaired) electrons. The van der Waals surface area contributed by atoms with E-state index in [-0.39, 0.29) is 0 Å². The lowest BCUT2D eigenvalue weighted by molar-refractivity contribution is -0.139. The number of aliphatic carboxylic acids is 1. The van der Waals surface area contributed by atoms with Crippen LogP contribution >= 0.6 is 0 Å². The van der Waals surface area contributed by atoms with E-state index >= 15 is 0 Å². The van der Waals surface area contributed by atoms with Crippen LogP contribution in [0, 0.1) is 0 Å². The molecule has 6 nitrogen and oxygen atoms in total. The largest absolute Gasteiger partial charge is 0.480 e. The number of benzene rings is 1. The van der Waals surface area contributed by atoms with Crippen LogP contribution in [-0.2, 0) is 15.0 Å². The van der Waals surface area contributed by atoms with Gasteiger partial charge in [0, 0.05) is 13.6 Å². The van der Waals surface area contributed by atoms with E-state index < -0.39 is 22.2 Å². The molecule has 20 heavy (non-hydrogen) atoms. The summed E-state index contributed by atoms with van der Waals surface area (Å²) in [7, 11) is -2.39. The normalized spacial score (nSPS) is 13.3. The summed E-state index contributed by atoms with van der Waals surface area (Å²) in [6.07, 6.45) is 1.58. The Labute approximate surface area is 119 Å². The Bertz CT molecular complexity index is 531. The van der Waals surface area contributed by atoms with E-state index in [1.54, 1.807) is 30.3 Å². The van der Waals surface area contributed by atoms with Gasteiger partial charge in [0.15, 0.2) is 0 Å². The van der Waals surface area contributed by atoms with Crippen molar-refractivity contribution in [2.45, 2.75) is 25.8 Å². The van der Waals surface area contributed by atoms with Crippen LogP contribution < -0.4 is 4.72 Å². The van der Waals surface area contributed by atoms with Crippen molar-refractivity contribution in [3.8, 4) is 0 Å². The number of nitrogens with one attached hydrogen (secondary N) is 1. The van der Waals surface area contributed by atoms with Gasteiger partial charge in [-0.2, -0.15) is 17.4 Å². The molecular weight excluding hydrogens is 280 g/mol. The molecule has 0 aliphatic rings. The highest BCUT2D eigenvalue weighted by Gasteiger charge is 2.27. The lowest BCUT2D eigenvalue weighted by atomic mass is 10.1. The Hall–Kier alpha value is -1.44. The zero-order valence-electron chi connectivity index (χ0n) is 11.6. The molecule has 1 atom stereocenters. The summed E-state index contributed by atoms with van der Waals surface area (Å²) in [6, 6.07) is 6.94. The number of hydrogen-bond acceptors (Lipinski definition) is 3. The van der Waals surface area contributed by atoms with Crippen LogP contribution in [0.3, 0.4) is 0 Å². The fraction of sp³-hybridized carbons (Fsp3) is 0.462. The molecule has 1 aromatic rings. The summed E-state index contributed by atoms with van der Waals surface area (Å²) in [6.45, 7) is 2.31. The first-order valence-corrected chi connectivity index (χ1v) is 7.84. The zero-order valence-corrected chi connectivity index (χ0v) is 12.4. The van der Waals surface area contributed by atoms with E-state index in [0.29, 0.717) is 12.1 Å². The molecule has 0 spiro atoms. The van der Waals surface area contributed by atoms with E-state index in [1.165, 1.54) is 7.05 Å². The standard InChI is InChI=1S/C13H20N2O4S/c1-3-4-10-15(2)20(18,19)14-12(13(16)17)11-8-6-5-7-9-11/h5-9,12,14H,3-4,10H2,1-2H3,(H,16,17). The maximum atomic E-state index is 12.1. The minimum absolute atomic E-state index is 0.354. The third kappa shape index (κ3) is 4.59. The average Bonchev–Trinajstić information content (AvgIpc) is 2.42. The molecule has 7 heteroatoms. The van der Waals surface area contributed by atoms with Crippen LogP contribution in [0.15, 0.2) is 30.3 Å². The van der Waals surface area contributed by atoms with Gasteiger partial charge in [0.1, 0.15) is 6.04 Å². The molecule has 0 fully saturated rings. The monoisotopic (exact) mass is 300 g/mol. The smallest absolute Gasteiger partial charge is 0.326 e. The highest BCUT2D eigenvalue weighted by molar-refractivity contribution is 7.87. The zero-order chi connectivity index (χ0) is 15.2. The molecular formula is C13H20N2O4S. The van der Waals surface area contributed by atoms with Crippen LogP contribution in [0.25, 0.3) is 0 Å². The van der Waals surface area contributed by atoms with E-state index in [0.717, 1.165) is 17.1 Å². The van der Waals surface area contributed by atoms with Crippen molar-refractivity contribution >= 4 is 16.2 Å². The molecule has 0 heterocycles. The molecule has 0 saturated heterocycles. The molecule has 1 unspecified atom stereocenters. The predicted molar refractivity (Wildman–Crippen MR) is 76.4 cm³/mol. The number of carbonyl (C=O) groups is 1. The van der Waals surface area contributed by atoms with E-state index in [1.807, 2.05) is 6.92 Å². The summed E-state index contributed by atoms with van der Waals surface area (Å²) in [5, 5.41) is 9.20. The number of carboxylic acids is 1. The van der Waals surface area contributed by atoms with Crippen molar-refractivity contribution in [3.05, 3.63) is 35.9 Å². The van der Waals surface area contributed by atoms with Crippen LogP contribution in [0.4, 0.5) is 0 Å².